The molecule has 1 fully saturated rings. The van der Waals surface area contributed by atoms with E-state index in [0.717, 1.165) is 13.1 Å². The van der Waals surface area contributed by atoms with Crippen LogP contribution in [0.15, 0.2) is 18.2 Å². The molecule has 1 heterocycles. The molecule has 1 saturated heterocycles. The van der Waals surface area contributed by atoms with Gasteiger partial charge in [-0.3, -0.25) is 4.79 Å². The normalized spacial score (nSPS) is 23.2. The van der Waals surface area contributed by atoms with Crippen molar-refractivity contribution in [2.45, 2.75) is 24.3 Å². The second kappa shape index (κ2) is 5.74. The van der Waals surface area contributed by atoms with Crippen molar-refractivity contribution in [3.8, 4) is 5.75 Å². The topological polar surface area (TPSA) is 55.6 Å². The third-order valence-corrected chi connectivity index (χ3v) is 4.43. The summed E-state index contributed by atoms with van der Waals surface area (Å²) in [6, 6.07) is 5.30. The molecule has 1 aromatic carbocycles. The monoisotopic (exact) mass is 280 g/mol. The fourth-order valence-corrected chi connectivity index (χ4v) is 3.77. The highest BCUT2D eigenvalue weighted by Gasteiger charge is 2.29. The number of hydrogen-bond donors (Lipinski definition) is 1. The second-order valence-corrected chi connectivity index (χ2v) is 6.77. The number of nitrogens with zero attached hydrogens (tertiary/aromatic N) is 1. The Labute approximate surface area is 118 Å². The van der Waals surface area contributed by atoms with Gasteiger partial charge in [-0.15, -0.1) is 0 Å². The summed E-state index contributed by atoms with van der Waals surface area (Å²) in [6.45, 7) is 5.80. The standard InChI is InChI=1S/C14H20N2O2S/c1-9-7-16(8-10(2)19-9)14(17)13-11(15)5-4-6-12(13)18-3/h4-6,9-10H,7-8,15H2,1-3H3. The third-order valence-electron chi connectivity index (χ3n) is 3.20. The van der Waals surface area contributed by atoms with Crippen molar-refractivity contribution >= 4 is 23.4 Å². The molecule has 0 saturated carbocycles. The van der Waals surface area contributed by atoms with Crippen LogP contribution in [0.4, 0.5) is 5.69 Å². The van der Waals surface area contributed by atoms with E-state index in [1.54, 1.807) is 25.3 Å². The lowest BCUT2D eigenvalue weighted by molar-refractivity contribution is 0.0751. The van der Waals surface area contributed by atoms with Crippen LogP contribution in [0.25, 0.3) is 0 Å². The highest BCUT2D eigenvalue weighted by Crippen LogP contribution is 2.30. The zero-order valence-corrected chi connectivity index (χ0v) is 12.4. The molecule has 0 aromatic heterocycles. The SMILES string of the molecule is COc1cccc(N)c1C(=O)N1CC(C)SC(C)C1. The number of hydrogen-bond acceptors (Lipinski definition) is 4. The number of carbonyl (C=O) groups excluding carboxylic acids is 1. The molecule has 1 aromatic rings. The highest BCUT2D eigenvalue weighted by molar-refractivity contribution is 8.00. The Kier molecular flexibility index (Phi) is 4.24. The zero-order chi connectivity index (χ0) is 14.0. The molecule has 0 radical (unpaired) electrons. The Balaban J connectivity index is 2.29. The van der Waals surface area contributed by atoms with Crippen LogP contribution in [0.2, 0.25) is 0 Å². The molecule has 0 spiro atoms. The smallest absolute Gasteiger partial charge is 0.259 e. The largest absolute Gasteiger partial charge is 0.496 e. The number of carbonyl (C=O) groups is 1. The maximum atomic E-state index is 12.6. The molecule has 0 aliphatic carbocycles. The van der Waals surface area contributed by atoms with Gasteiger partial charge < -0.3 is 15.4 Å². The highest BCUT2D eigenvalue weighted by atomic mass is 32.2. The van der Waals surface area contributed by atoms with Crippen molar-refractivity contribution in [3.05, 3.63) is 23.8 Å². The van der Waals surface area contributed by atoms with E-state index in [9.17, 15) is 4.79 Å². The third kappa shape index (κ3) is 2.97. The summed E-state index contributed by atoms with van der Waals surface area (Å²) in [6.07, 6.45) is 0. The Morgan fingerprint density at radius 1 is 1.37 bits per heavy atom. The van der Waals surface area contributed by atoms with Gasteiger partial charge in [0.2, 0.25) is 0 Å². The van der Waals surface area contributed by atoms with Crippen molar-refractivity contribution < 1.29 is 9.53 Å². The fourth-order valence-electron chi connectivity index (χ4n) is 2.45. The van der Waals surface area contributed by atoms with E-state index in [2.05, 4.69) is 13.8 Å². The summed E-state index contributed by atoms with van der Waals surface area (Å²) in [5.74, 6) is 0.512. The molecule has 0 bridgehead atoms. The van der Waals surface area contributed by atoms with Crippen molar-refractivity contribution in [1.29, 1.82) is 0 Å². The summed E-state index contributed by atoms with van der Waals surface area (Å²) >= 11 is 1.92. The summed E-state index contributed by atoms with van der Waals surface area (Å²) in [5.41, 5.74) is 6.90. The van der Waals surface area contributed by atoms with Gasteiger partial charge in [-0.1, -0.05) is 19.9 Å². The number of nitrogen functional groups attached to an aromatic ring is 1. The Hall–Kier alpha value is -1.36. The van der Waals surface area contributed by atoms with Gasteiger partial charge in [0.15, 0.2) is 0 Å². The number of thioether (sulfide) groups is 1. The summed E-state index contributed by atoms with van der Waals surface area (Å²) in [4.78, 5) is 14.5. The molecule has 2 N–H and O–H groups in total. The number of ether oxygens (including phenoxy) is 1. The number of benzene rings is 1. The molecular weight excluding hydrogens is 260 g/mol. The first kappa shape index (κ1) is 14.1. The van der Waals surface area contributed by atoms with Gasteiger partial charge in [0.25, 0.3) is 5.91 Å². The average molecular weight is 280 g/mol. The lowest BCUT2D eigenvalue weighted by atomic mass is 10.1. The van der Waals surface area contributed by atoms with Crippen LogP contribution in [0.3, 0.4) is 0 Å². The number of anilines is 1. The van der Waals surface area contributed by atoms with E-state index in [1.807, 2.05) is 16.7 Å². The van der Waals surface area contributed by atoms with Gasteiger partial charge in [0.1, 0.15) is 11.3 Å². The van der Waals surface area contributed by atoms with E-state index in [4.69, 9.17) is 10.5 Å². The molecule has 19 heavy (non-hydrogen) atoms. The van der Waals surface area contributed by atoms with Crippen molar-refractivity contribution in [3.63, 3.8) is 0 Å². The van der Waals surface area contributed by atoms with E-state index in [0.29, 0.717) is 27.5 Å². The average Bonchev–Trinajstić information content (AvgIpc) is 2.36. The molecule has 2 atom stereocenters. The van der Waals surface area contributed by atoms with E-state index in [-0.39, 0.29) is 5.91 Å². The van der Waals surface area contributed by atoms with Crippen LogP contribution < -0.4 is 10.5 Å². The van der Waals surface area contributed by atoms with Crippen LogP contribution in [-0.4, -0.2) is 41.5 Å². The number of nitrogens with two attached hydrogens (primary N) is 1. The van der Waals surface area contributed by atoms with Crippen LogP contribution in [0.5, 0.6) is 5.75 Å². The van der Waals surface area contributed by atoms with Gasteiger partial charge in [-0.05, 0) is 12.1 Å². The van der Waals surface area contributed by atoms with Crippen LogP contribution in [-0.2, 0) is 0 Å². The van der Waals surface area contributed by atoms with E-state index < -0.39 is 0 Å². The summed E-state index contributed by atoms with van der Waals surface area (Å²) in [5, 5.41) is 0.896. The molecule has 1 aliphatic heterocycles. The van der Waals surface area contributed by atoms with Crippen LogP contribution in [0.1, 0.15) is 24.2 Å². The Morgan fingerprint density at radius 3 is 2.58 bits per heavy atom. The van der Waals surface area contributed by atoms with E-state index >= 15 is 0 Å². The Morgan fingerprint density at radius 2 is 2.00 bits per heavy atom. The van der Waals surface area contributed by atoms with Gasteiger partial charge in [-0.25, -0.2) is 0 Å². The molecular formula is C14H20N2O2S. The van der Waals surface area contributed by atoms with Gasteiger partial charge >= 0.3 is 0 Å². The molecule has 1 aliphatic rings. The quantitative estimate of drug-likeness (QED) is 0.844. The van der Waals surface area contributed by atoms with Gasteiger partial charge in [-0.2, -0.15) is 11.8 Å². The predicted octanol–water partition coefficient (Wildman–Crippen LogP) is 2.24. The van der Waals surface area contributed by atoms with Crippen molar-refractivity contribution in [2.24, 2.45) is 0 Å². The Bertz CT molecular complexity index is 469. The summed E-state index contributed by atoms with van der Waals surface area (Å²) < 4.78 is 5.26. The number of rotatable bonds is 2. The molecule has 2 rings (SSSR count). The van der Waals surface area contributed by atoms with Gasteiger partial charge in [0.05, 0.1) is 7.11 Å². The second-order valence-electron chi connectivity index (χ2n) is 4.89. The lowest BCUT2D eigenvalue weighted by Gasteiger charge is -2.35. The number of amides is 1. The zero-order valence-electron chi connectivity index (χ0n) is 11.6. The first-order chi connectivity index (χ1) is 9.02. The minimum Gasteiger partial charge on any atom is -0.496 e. The van der Waals surface area contributed by atoms with Crippen LogP contribution >= 0.6 is 11.8 Å². The van der Waals surface area contributed by atoms with Gasteiger partial charge in [0, 0.05) is 29.3 Å². The predicted molar refractivity (Wildman–Crippen MR) is 79.8 cm³/mol. The molecule has 5 heteroatoms. The maximum absolute atomic E-state index is 12.6. The van der Waals surface area contributed by atoms with Crippen molar-refractivity contribution in [2.75, 3.05) is 25.9 Å². The summed E-state index contributed by atoms with van der Waals surface area (Å²) in [7, 11) is 1.56. The molecule has 104 valence electrons. The first-order valence-electron chi connectivity index (χ1n) is 6.40. The molecule has 4 nitrogen and oxygen atoms in total. The first-order valence-corrected chi connectivity index (χ1v) is 7.34. The maximum Gasteiger partial charge on any atom is 0.259 e. The van der Waals surface area contributed by atoms with Crippen molar-refractivity contribution in [1.82, 2.24) is 4.90 Å². The minimum absolute atomic E-state index is 0.0334. The molecule has 2 unspecified atom stereocenters. The van der Waals surface area contributed by atoms with Crippen LogP contribution in [0, 0.1) is 0 Å². The van der Waals surface area contributed by atoms with E-state index in [1.165, 1.54) is 0 Å². The minimum atomic E-state index is -0.0334. The lowest BCUT2D eigenvalue weighted by Crippen LogP contribution is -2.44. The fraction of sp³-hybridized carbons (Fsp3) is 0.500. The molecule has 1 amide bonds. The number of methoxy groups -OCH3 is 1.